The van der Waals surface area contributed by atoms with Crippen LogP contribution in [-0.4, -0.2) is 38.0 Å². The van der Waals surface area contributed by atoms with Crippen LogP contribution in [0.1, 0.15) is 32.3 Å². The molecule has 1 unspecified atom stereocenters. The Morgan fingerprint density at radius 2 is 2.11 bits per heavy atom. The van der Waals surface area contributed by atoms with Crippen molar-refractivity contribution in [1.82, 2.24) is 5.32 Å². The summed E-state index contributed by atoms with van der Waals surface area (Å²) in [6.45, 7) is 3.50. The van der Waals surface area contributed by atoms with E-state index in [1.165, 1.54) is 6.07 Å². The van der Waals surface area contributed by atoms with Crippen LogP contribution >= 0.6 is 0 Å². The third-order valence-electron chi connectivity index (χ3n) is 4.64. The first-order valence-corrected chi connectivity index (χ1v) is 10.7. The number of aryl methyl sites for hydroxylation is 1. The Kier molecular flexibility index (Phi) is 5.28. The molecule has 1 aromatic heterocycles. The van der Waals surface area contributed by atoms with Crippen molar-refractivity contribution in [2.45, 2.75) is 38.6 Å². The van der Waals surface area contributed by atoms with Crippen LogP contribution in [0.15, 0.2) is 33.5 Å². The number of benzene rings is 1. The van der Waals surface area contributed by atoms with Gasteiger partial charge in [-0.15, -0.1) is 0 Å². The number of rotatable bonds is 6. The summed E-state index contributed by atoms with van der Waals surface area (Å²) < 4.78 is 34.0. The molecule has 2 heterocycles. The van der Waals surface area contributed by atoms with E-state index < -0.39 is 26.9 Å². The summed E-state index contributed by atoms with van der Waals surface area (Å²) in [4.78, 5) is 23.9. The van der Waals surface area contributed by atoms with Crippen LogP contribution in [0.4, 0.5) is 0 Å². The number of sulfone groups is 1. The number of hydrogen-bond donors (Lipinski definition) is 1. The maximum Gasteiger partial charge on any atom is 0.336 e. The van der Waals surface area contributed by atoms with Crippen LogP contribution in [0, 0.1) is 0 Å². The first-order chi connectivity index (χ1) is 12.7. The van der Waals surface area contributed by atoms with Gasteiger partial charge in [0.25, 0.3) is 5.91 Å². The molecule has 1 aliphatic heterocycles. The quantitative estimate of drug-likeness (QED) is 0.751. The molecule has 1 N–H and O–H groups in total. The summed E-state index contributed by atoms with van der Waals surface area (Å²) in [6, 6.07) is 6.61. The summed E-state index contributed by atoms with van der Waals surface area (Å²) in [5, 5.41) is 3.58. The summed E-state index contributed by atoms with van der Waals surface area (Å²) in [5.74, 6) is 0.0242. The molecule has 0 bridgehead atoms. The highest BCUT2D eigenvalue weighted by Gasteiger charge is 2.39. The molecule has 1 aliphatic rings. The first kappa shape index (κ1) is 19.4. The van der Waals surface area contributed by atoms with Crippen LogP contribution in [-0.2, 0) is 21.1 Å². The zero-order valence-corrected chi connectivity index (χ0v) is 16.2. The number of nitrogens with one attached hydrogen (secondary N) is 1. The lowest BCUT2D eigenvalue weighted by Crippen LogP contribution is -2.48. The van der Waals surface area contributed by atoms with Gasteiger partial charge in [-0.25, -0.2) is 13.2 Å². The second-order valence-corrected chi connectivity index (χ2v) is 9.42. The smallest absolute Gasteiger partial charge is 0.336 e. The Labute approximate surface area is 157 Å². The standard InChI is InChI=1S/C19H23NO6S/c1-3-4-13-9-18(22)26-16-10-14(5-6-15(13)16)25-11-17(21)20-19(2)7-8-27(23,24)12-19/h5-6,9-10H,3-4,7-8,11-12H2,1-2H3,(H,20,21). The van der Waals surface area contributed by atoms with E-state index in [1.807, 2.05) is 6.92 Å². The monoisotopic (exact) mass is 393 g/mol. The number of carbonyl (C=O) groups excluding carboxylic acids is 1. The fraction of sp³-hybridized carbons (Fsp3) is 0.474. The van der Waals surface area contributed by atoms with Gasteiger partial charge >= 0.3 is 5.63 Å². The van der Waals surface area contributed by atoms with E-state index in [0.29, 0.717) is 17.8 Å². The van der Waals surface area contributed by atoms with Gasteiger partial charge in [-0.05, 0) is 37.5 Å². The molecule has 27 heavy (non-hydrogen) atoms. The molecule has 0 radical (unpaired) electrons. The average molecular weight is 393 g/mol. The Bertz CT molecular complexity index is 1030. The summed E-state index contributed by atoms with van der Waals surface area (Å²) in [6.07, 6.45) is 2.07. The lowest BCUT2D eigenvalue weighted by Gasteiger charge is -2.23. The molecule has 0 spiro atoms. The van der Waals surface area contributed by atoms with E-state index in [1.54, 1.807) is 25.1 Å². The van der Waals surface area contributed by atoms with Crippen LogP contribution < -0.4 is 15.7 Å². The highest BCUT2D eigenvalue weighted by molar-refractivity contribution is 7.91. The normalized spacial score (nSPS) is 21.3. The zero-order chi connectivity index (χ0) is 19.7. The molecular weight excluding hydrogens is 370 g/mol. The third-order valence-corrected chi connectivity index (χ3v) is 6.54. The van der Waals surface area contributed by atoms with Gasteiger partial charge in [0.2, 0.25) is 0 Å². The minimum Gasteiger partial charge on any atom is -0.484 e. The Hall–Kier alpha value is -2.35. The van der Waals surface area contributed by atoms with Gasteiger partial charge in [-0.2, -0.15) is 0 Å². The molecule has 2 aromatic rings. The fourth-order valence-corrected chi connectivity index (χ4v) is 5.50. The minimum atomic E-state index is -3.10. The molecule has 1 amide bonds. The van der Waals surface area contributed by atoms with E-state index in [9.17, 15) is 18.0 Å². The Morgan fingerprint density at radius 1 is 1.33 bits per heavy atom. The SMILES string of the molecule is CCCc1cc(=O)oc2cc(OCC(=O)NC3(C)CCS(=O)(=O)C3)ccc12. The Morgan fingerprint density at radius 3 is 2.78 bits per heavy atom. The van der Waals surface area contributed by atoms with Crippen LogP contribution in [0.5, 0.6) is 5.75 Å². The van der Waals surface area contributed by atoms with Crippen molar-refractivity contribution in [1.29, 1.82) is 0 Å². The van der Waals surface area contributed by atoms with Crippen LogP contribution in [0.25, 0.3) is 11.0 Å². The van der Waals surface area contributed by atoms with Crippen molar-refractivity contribution < 1.29 is 22.4 Å². The molecule has 0 aliphatic carbocycles. The van der Waals surface area contributed by atoms with Crippen LogP contribution in [0.2, 0.25) is 0 Å². The molecule has 1 aromatic carbocycles. The Balaban J connectivity index is 1.68. The molecule has 3 rings (SSSR count). The van der Waals surface area contributed by atoms with E-state index >= 15 is 0 Å². The minimum absolute atomic E-state index is 0.0624. The second kappa shape index (κ2) is 7.34. The molecule has 1 saturated heterocycles. The van der Waals surface area contributed by atoms with E-state index in [2.05, 4.69) is 5.32 Å². The van der Waals surface area contributed by atoms with Gasteiger partial charge in [0.1, 0.15) is 11.3 Å². The second-order valence-electron chi connectivity index (χ2n) is 7.24. The number of fused-ring (bicyclic) bond motifs is 1. The van der Waals surface area contributed by atoms with E-state index in [0.717, 1.165) is 23.8 Å². The maximum atomic E-state index is 12.1. The van der Waals surface area contributed by atoms with Crippen molar-refractivity contribution >= 4 is 26.7 Å². The molecule has 8 heteroatoms. The average Bonchev–Trinajstić information content (AvgIpc) is 2.85. The summed E-state index contributed by atoms with van der Waals surface area (Å²) in [7, 11) is -3.10. The lowest BCUT2D eigenvalue weighted by molar-refractivity contribution is -0.124. The van der Waals surface area contributed by atoms with Crippen molar-refractivity contribution in [3.05, 3.63) is 40.2 Å². The maximum absolute atomic E-state index is 12.1. The van der Waals surface area contributed by atoms with Crippen molar-refractivity contribution in [2.24, 2.45) is 0 Å². The molecule has 146 valence electrons. The van der Waals surface area contributed by atoms with E-state index in [4.69, 9.17) is 9.15 Å². The number of hydrogen-bond acceptors (Lipinski definition) is 6. The van der Waals surface area contributed by atoms with Gasteiger partial charge in [-0.3, -0.25) is 4.79 Å². The number of ether oxygens (including phenoxy) is 1. The molecule has 1 fully saturated rings. The van der Waals surface area contributed by atoms with Crippen LogP contribution in [0.3, 0.4) is 0 Å². The highest BCUT2D eigenvalue weighted by atomic mass is 32.2. The van der Waals surface area contributed by atoms with Crippen molar-refractivity contribution in [3.63, 3.8) is 0 Å². The predicted octanol–water partition coefficient (Wildman–Crippen LogP) is 1.82. The fourth-order valence-electron chi connectivity index (χ4n) is 3.41. The predicted molar refractivity (Wildman–Crippen MR) is 102 cm³/mol. The molecular formula is C19H23NO6S. The third kappa shape index (κ3) is 4.68. The lowest BCUT2D eigenvalue weighted by atomic mass is 10.0. The molecule has 7 nitrogen and oxygen atoms in total. The zero-order valence-electron chi connectivity index (χ0n) is 15.4. The van der Waals surface area contributed by atoms with Gasteiger partial charge in [0.05, 0.1) is 17.0 Å². The summed E-state index contributed by atoms with van der Waals surface area (Å²) in [5.41, 5.74) is 0.155. The first-order valence-electron chi connectivity index (χ1n) is 8.91. The van der Waals surface area contributed by atoms with E-state index in [-0.39, 0.29) is 18.1 Å². The number of amides is 1. The largest absolute Gasteiger partial charge is 0.484 e. The topological polar surface area (TPSA) is 103 Å². The summed E-state index contributed by atoms with van der Waals surface area (Å²) >= 11 is 0. The highest BCUT2D eigenvalue weighted by Crippen LogP contribution is 2.24. The van der Waals surface area contributed by atoms with Gasteiger partial charge in [0.15, 0.2) is 16.4 Å². The van der Waals surface area contributed by atoms with Gasteiger partial charge in [0, 0.05) is 17.5 Å². The molecule has 0 saturated carbocycles. The van der Waals surface area contributed by atoms with Crippen molar-refractivity contribution in [2.75, 3.05) is 18.1 Å². The van der Waals surface area contributed by atoms with Gasteiger partial charge in [-0.1, -0.05) is 13.3 Å². The van der Waals surface area contributed by atoms with Crippen molar-refractivity contribution in [3.8, 4) is 5.75 Å². The van der Waals surface area contributed by atoms with Gasteiger partial charge < -0.3 is 14.5 Å². The molecule has 1 atom stereocenters. The number of carbonyl (C=O) groups is 1.